The Bertz CT molecular complexity index is 625. The number of thiophene rings is 2. The average molecular weight is 273 g/mol. The van der Waals surface area contributed by atoms with Crippen LogP contribution in [0.5, 0.6) is 0 Å². The molecule has 18 heavy (non-hydrogen) atoms. The Morgan fingerprint density at radius 1 is 1.11 bits per heavy atom. The predicted molar refractivity (Wildman–Crippen MR) is 81.4 cm³/mol. The van der Waals surface area contributed by atoms with Gasteiger partial charge in [-0.05, 0) is 40.8 Å². The second kappa shape index (κ2) is 5.22. The molecule has 3 aromatic rings. The fraction of sp³-hybridized carbons (Fsp3) is 0.200. The third kappa shape index (κ3) is 2.34. The SMILES string of the molecule is C[C@H](NCc1csc2ccccc12)c1cccs1. The zero-order chi connectivity index (χ0) is 12.4. The first-order valence-corrected chi connectivity index (χ1v) is 7.82. The topological polar surface area (TPSA) is 12.0 Å². The summed E-state index contributed by atoms with van der Waals surface area (Å²) in [5.74, 6) is 0. The van der Waals surface area contributed by atoms with E-state index < -0.39 is 0 Å². The monoisotopic (exact) mass is 273 g/mol. The van der Waals surface area contributed by atoms with E-state index in [0.717, 1.165) is 6.54 Å². The van der Waals surface area contributed by atoms with E-state index in [1.807, 2.05) is 22.7 Å². The minimum absolute atomic E-state index is 0.420. The molecule has 1 N–H and O–H groups in total. The van der Waals surface area contributed by atoms with Crippen molar-refractivity contribution in [3.8, 4) is 0 Å². The molecule has 0 unspecified atom stereocenters. The van der Waals surface area contributed by atoms with Crippen molar-refractivity contribution in [1.82, 2.24) is 5.32 Å². The van der Waals surface area contributed by atoms with E-state index in [9.17, 15) is 0 Å². The molecule has 1 atom stereocenters. The number of rotatable bonds is 4. The van der Waals surface area contributed by atoms with E-state index in [0.29, 0.717) is 6.04 Å². The summed E-state index contributed by atoms with van der Waals surface area (Å²) in [5, 5.41) is 9.37. The first kappa shape index (κ1) is 11.9. The lowest BCUT2D eigenvalue weighted by Crippen LogP contribution is -2.16. The predicted octanol–water partition coefficient (Wildman–Crippen LogP) is 4.81. The molecule has 1 nitrogen and oxygen atoms in total. The van der Waals surface area contributed by atoms with Gasteiger partial charge in [-0.15, -0.1) is 22.7 Å². The Hall–Kier alpha value is -1.16. The molecule has 92 valence electrons. The van der Waals surface area contributed by atoms with E-state index in [1.54, 1.807) is 0 Å². The second-order valence-electron chi connectivity index (χ2n) is 4.38. The first-order chi connectivity index (χ1) is 8.84. The normalized spacial score (nSPS) is 12.9. The largest absolute Gasteiger partial charge is 0.305 e. The summed E-state index contributed by atoms with van der Waals surface area (Å²) in [5.41, 5.74) is 1.40. The number of nitrogens with one attached hydrogen (secondary N) is 1. The highest BCUT2D eigenvalue weighted by molar-refractivity contribution is 7.17. The Kier molecular flexibility index (Phi) is 3.46. The molecule has 0 saturated heterocycles. The zero-order valence-corrected chi connectivity index (χ0v) is 11.9. The molecule has 1 aromatic carbocycles. The molecule has 0 bridgehead atoms. The Morgan fingerprint density at radius 2 is 2.00 bits per heavy atom. The highest BCUT2D eigenvalue weighted by Crippen LogP contribution is 2.26. The molecule has 0 radical (unpaired) electrons. The molecule has 0 aliphatic rings. The summed E-state index contributed by atoms with van der Waals surface area (Å²) in [4.78, 5) is 1.40. The zero-order valence-electron chi connectivity index (χ0n) is 10.2. The lowest BCUT2D eigenvalue weighted by molar-refractivity contribution is 0.585. The van der Waals surface area contributed by atoms with Crippen LogP contribution in [0.2, 0.25) is 0 Å². The van der Waals surface area contributed by atoms with Crippen LogP contribution in [0.15, 0.2) is 47.2 Å². The van der Waals surface area contributed by atoms with Crippen LogP contribution in [0, 0.1) is 0 Å². The summed E-state index contributed by atoms with van der Waals surface area (Å²) >= 11 is 3.64. The van der Waals surface area contributed by atoms with E-state index in [1.165, 1.54) is 20.5 Å². The van der Waals surface area contributed by atoms with Crippen molar-refractivity contribution in [2.45, 2.75) is 19.5 Å². The van der Waals surface area contributed by atoms with E-state index in [-0.39, 0.29) is 0 Å². The maximum absolute atomic E-state index is 3.60. The first-order valence-electron chi connectivity index (χ1n) is 6.06. The van der Waals surface area contributed by atoms with Gasteiger partial charge in [0.2, 0.25) is 0 Å². The van der Waals surface area contributed by atoms with Gasteiger partial charge in [-0.2, -0.15) is 0 Å². The standard InChI is InChI=1S/C15H15NS2/c1-11(14-7-4-8-17-14)16-9-12-10-18-15-6-3-2-5-13(12)15/h2-8,10-11,16H,9H2,1H3/t11-/m0/s1. The van der Waals surface area contributed by atoms with E-state index in [4.69, 9.17) is 0 Å². The molecule has 0 aliphatic heterocycles. The summed E-state index contributed by atoms with van der Waals surface area (Å²) in [7, 11) is 0. The average Bonchev–Trinajstić information content (AvgIpc) is 3.06. The number of hydrogen-bond acceptors (Lipinski definition) is 3. The van der Waals surface area contributed by atoms with Crippen LogP contribution in [-0.2, 0) is 6.54 Å². The summed E-state index contributed by atoms with van der Waals surface area (Å²) in [6.07, 6.45) is 0. The molecule has 2 heterocycles. The molecule has 0 aliphatic carbocycles. The second-order valence-corrected chi connectivity index (χ2v) is 6.27. The minimum Gasteiger partial charge on any atom is -0.305 e. The highest BCUT2D eigenvalue weighted by atomic mass is 32.1. The van der Waals surface area contributed by atoms with Crippen LogP contribution in [-0.4, -0.2) is 0 Å². The van der Waals surface area contributed by atoms with Crippen molar-refractivity contribution in [2.75, 3.05) is 0 Å². The number of benzene rings is 1. The molecule has 3 rings (SSSR count). The van der Waals surface area contributed by atoms with Gasteiger partial charge >= 0.3 is 0 Å². The summed E-state index contributed by atoms with van der Waals surface area (Å²) < 4.78 is 1.37. The van der Waals surface area contributed by atoms with Crippen molar-refractivity contribution < 1.29 is 0 Å². The summed E-state index contributed by atoms with van der Waals surface area (Å²) in [6, 6.07) is 13.3. The molecule has 0 fully saturated rings. The maximum atomic E-state index is 3.60. The van der Waals surface area contributed by atoms with Crippen LogP contribution in [0.1, 0.15) is 23.4 Å². The van der Waals surface area contributed by atoms with Crippen LogP contribution >= 0.6 is 22.7 Å². The lowest BCUT2D eigenvalue weighted by Gasteiger charge is -2.11. The number of fused-ring (bicyclic) bond motifs is 1. The van der Waals surface area contributed by atoms with Crippen LogP contribution in [0.3, 0.4) is 0 Å². The summed E-state index contributed by atoms with van der Waals surface area (Å²) in [6.45, 7) is 3.16. The van der Waals surface area contributed by atoms with Gasteiger partial charge in [-0.3, -0.25) is 0 Å². The van der Waals surface area contributed by atoms with Gasteiger partial charge in [0, 0.05) is 22.2 Å². The lowest BCUT2D eigenvalue weighted by atomic mass is 10.1. The molecule has 0 amide bonds. The van der Waals surface area contributed by atoms with Crippen LogP contribution in [0.25, 0.3) is 10.1 Å². The van der Waals surface area contributed by atoms with E-state index >= 15 is 0 Å². The van der Waals surface area contributed by atoms with Gasteiger partial charge in [0.25, 0.3) is 0 Å². The molecular formula is C15H15NS2. The third-order valence-corrected chi connectivity index (χ3v) is 5.20. The van der Waals surface area contributed by atoms with Gasteiger partial charge in [-0.1, -0.05) is 24.3 Å². The fourth-order valence-electron chi connectivity index (χ4n) is 2.07. The van der Waals surface area contributed by atoms with Crippen LogP contribution in [0.4, 0.5) is 0 Å². The van der Waals surface area contributed by atoms with E-state index in [2.05, 4.69) is 59.4 Å². The Balaban J connectivity index is 1.73. The van der Waals surface area contributed by atoms with Crippen LogP contribution < -0.4 is 5.32 Å². The quantitative estimate of drug-likeness (QED) is 0.719. The van der Waals surface area contributed by atoms with Gasteiger partial charge < -0.3 is 5.32 Å². The van der Waals surface area contributed by atoms with Crippen molar-refractivity contribution >= 4 is 32.8 Å². The number of hydrogen-bond donors (Lipinski definition) is 1. The molecule has 0 saturated carbocycles. The smallest absolute Gasteiger partial charge is 0.0388 e. The fourth-order valence-corrected chi connectivity index (χ4v) is 3.79. The maximum Gasteiger partial charge on any atom is 0.0388 e. The van der Waals surface area contributed by atoms with Crippen molar-refractivity contribution in [2.24, 2.45) is 0 Å². The van der Waals surface area contributed by atoms with Crippen molar-refractivity contribution in [3.63, 3.8) is 0 Å². The van der Waals surface area contributed by atoms with Gasteiger partial charge in [0.05, 0.1) is 0 Å². The van der Waals surface area contributed by atoms with Gasteiger partial charge in [-0.25, -0.2) is 0 Å². The minimum atomic E-state index is 0.420. The highest BCUT2D eigenvalue weighted by Gasteiger charge is 2.07. The molecular weight excluding hydrogens is 258 g/mol. The molecule has 2 aromatic heterocycles. The van der Waals surface area contributed by atoms with Crippen molar-refractivity contribution in [3.05, 3.63) is 57.6 Å². The van der Waals surface area contributed by atoms with Crippen molar-refractivity contribution in [1.29, 1.82) is 0 Å². The Morgan fingerprint density at radius 3 is 2.83 bits per heavy atom. The third-order valence-electron chi connectivity index (χ3n) is 3.13. The molecule has 0 spiro atoms. The van der Waals surface area contributed by atoms with Gasteiger partial charge in [0.15, 0.2) is 0 Å². The Labute approximate surface area is 115 Å². The van der Waals surface area contributed by atoms with Gasteiger partial charge in [0.1, 0.15) is 0 Å². The molecule has 3 heteroatoms.